The fourth-order valence-corrected chi connectivity index (χ4v) is 2.90. The standard InChI is InChI=1S/C13H21N2O6P/c1-4-20-22(18,21-5-2)8-6-7-19-10-15-9-11(3)12(16)14-13(15)17/h6,8-9H,4-5,7,10H2,1-3H3,(H,14,16,17)/b8-6+. The van der Waals surface area contributed by atoms with Gasteiger partial charge in [-0.15, -0.1) is 0 Å². The van der Waals surface area contributed by atoms with Crippen molar-refractivity contribution >= 4 is 7.60 Å². The predicted octanol–water partition coefficient (Wildman–Crippen LogP) is 1.60. The molecule has 0 amide bonds. The van der Waals surface area contributed by atoms with Crippen LogP contribution in [0.1, 0.15) is 19.4 Å². The van der Waals surface area contributed by atoms with Crippen molar-refractivity contribution in [3.8, 4) is 0 Å². The molecule has 8 nitrogen and oxygen atoms in total. The van der Waals surface area contributed by atoms with Crippen molar-refractivity contribution < 1.29 is 18.3 Å². The number of hydrogen-bond acceptors (Lipinski definition) is 6. The summed E-state index contributed by atoms with van der Waals surface area (Å²) in [6, 6.07) is 0. The highest BCUT2D eigenvalue weighted by Gasteiger charge is 2.18. The lowest BCUT2D eigenvalue weighted by molar-refractivity contribution is 0.0961. The molecule has 22 heavy (non-hydrogen) atoms. The summed E-state index contributed by atoms with van der Waals surface area (Å²) >= 11 is 0. The van der Waals surface area contributed by atoms with E-state index in [1.807, 2.05) is 0 Å². The zero-order valence-electron chi connectivity index (χ0n) is 12.9. The number of H-pyrrole nitrogens is 1. The predicted molar refractivity (Wildman–Crippen MR) is 82.0 cm³/mol. The van der Waals surface area contributed by atoms with E-state index in [4.69, 9.17) is 13.8 Å². The molecule has 0 saturated heterocycles. The molecule has 0 unspecified atom stereocenters. The smallest absolute Gasteiger partial charge is 0.353 e. The first kappa shape index (κ1) is 18.6. The molecular formula is C13H21N2O6P. The molecule has 1 rings (SSSR count). The average molecular weight is 332 g/mol. The van der Waals surface area contributed by atoms with Gasteiger partial charge in [-0.3, -0.25) is 18.9 Å². The summed E-state index contributed by atoms with van der Waals surface area (Å²) in [6.07, 6.45) is 2.92. The largest absolute Gasteiger partial charge is 0.357 e. The minimum absolute atomic E-state index is 0.0334. The third-order valence-electron chi connectivity index (χ3n) is 2.54. The molecule has 0 aliphatic rings. The first-order valence-corrected chi connectivity index (χ1v) is 8.47. The fourth-order valence-electron chi connectivity index (χ4n) is 1.59. The van der Waals surface area contributed by atoms with Crippen molar-refractivity contribution in [3.63, 3.8) is 0 Å². The number of nitrogens with one attached hydrogen (secondary N) is 1. The van der Waals surface area contributed by atoms with Crippen LogP contribution in [-0.2, 0) is 25.1 Å². The Hall–Kier alpha value is -1.47. The van der Waals surface area contributed by atoms with Gasteiger partial charge in [0.15, 0.2) is 0 Å². The zero-order valence-corrected chi connectivity index (χ0v) is 13.8. The number of aromatic amines is 1. The van der Waals surface area contributed by atoms with Gasteiger partial charge in [-0.1, -0.05) is 6.08 Å². The maximum absolute atomic E-state index is 12.1. The van der Waals surface area contributed by atoms with Gasteiger partial charge in [0.2, 0.25) is 0 Å². The Morgan fingerprint density at radius 2 is 1.91 bits per heavy atom. The van der Waals surface area contributed by atoms with Gasteiger partial charge >= 0.3 is 13.3 Å². The molecule has 0 saturated carbocycles. The van der Waals surface area contributed by atoms with Crippen LogP contribution in [0.2, 0.25) is 0 Å². The van der Waals surface area contributed by atoms with Gasteiger partial charge in [0.05, 0.1) is 19.8 Å². The van der Waals surface area contributed by atoms with Crippen LogP contribution >= 0.6 is 7.60 Å². The monoisotopic (exact) mass is 332 g/mol. The molecule has 1 aromatic rings. The molecule has 0 fully saturated rings. The first-order chi connectivity index (χ1) is 10.4. The molecule has 9 heteroatoms. The van der Waals surface area contributed by atoms with Crippen molar-refractivity contribution in [1.29, 1.82) is 0 Å². The van der Waals surface area contributed by atoms with E-state index in [2.05, 4.69) is 4.98 Å². The maximum atomic E-state index is 12.1. The van der Waals surface area contributed by atoms with Crippen LogP contribution in [-0.4, -0.2) is 29.4 Å². The zero-order chi connectivity index (χ0) is 16.6. The number of aryl methyl sites for hydroxylation is 1. The highest BCUT2D eigenvalue weighted by atomic mass is 31.2. The van der Waals surface area contributed by atoms with Gasteiger partial charge in [-0.25, -0.2) is 4.79 Å². The van der Waals surface area contributed by atoms with E-state index in [0.29, 0.717) is 5.56 Å². The molecule has 1 aromatic heterocycles. The Morgan fingerprint density at radius 1 is 1.27 bits per heavy atom. The molecule has 0 aliphatic carbocycles. The van der Waals surface area contributed by atoms with Crippen molar-refractivity contribution in [1.82, 2.24) is 9.55 Å². The van der Waals surface area contributed by atoms with Crippen molar-refractivity contribution in [3.05, 3.63) is 44.5 Å². The Kier molecular flexibility index (Phi) is 7.47. The molecule has 0 aromatic carbocycles. The van der Waals surface area contributed by atoms with Gasteiger partial charge < -0.3 is 13.8 Å². The second-order valence-corrected chi connectivity index (χ2v) is 6.20. The SMILES string of the molecule is CCOP(=O)(/C=C/COCn1cc(C)c(=O)[nH]c1=O)OCC. The Bertz CT molecular complexity index is 653. The molecule has 0 spiro atoms. The summed E-state index contributed by atoms with van der Waals surface area (Å²) in [4.78, 5) is 24.9. The van der Waals surface area contributed by atoms with Crippen LogP contribution in [0.5, 0.6) is 0 Å². The minimum Gasteiger partial charge on any atom is -0.357 e. The number of hydrogen-bond donors (Lipinski definition) is 1. The second kappa shape index (κ2) is 8.85. The van der Waals surface area contributed by atoms with E-state index >= 15 is 0 Å². The summed E-state index contributed by atoms with van der Waals surface area (Å²) in [5.41, 5.74) is -0.555. The molecule has 1 N–H and O–H groups in total. The molecule has 0 aliphatic heterocycles. The Balaban J connectivity index is 2.56. The highest BCUT2D eigenvalue weighted by Crippen LogP contribution is 2.49. The summed E-state index contributed by atoms with van der Waals surface area (Å²) in [5, 5.41) is 0. The van der Waals surface area contributed by atoms with Crippen LogP contribution in [0.25, 0.3) is 0 Å². The minimum atomic E-state index is -3.23. The summed E-state index contributed by atoms with van der Waals surface area (Å²) in [7, 11) is -3.23. The van der Waals surface area contributed by atoms with E-state index in [-0.39, 0.29) is 26.6 Å². The van der Waals surface area contributed by atoms with Crippen LogP contribution in [0.3, 0.4) is 0 Å². The topological polar surface area (TPSA) is 99.6 Å². The molecule has 0 atom stereocenters. The molecule has 0 bridgehead atoms. The molecule has 1 heterocycles. The van der Waals surface area contributed by atoms with E-state index in [9.17, 15) is 14.2 Å². The summed E-state index contributed by atoms with van der Waals surface area (Å²) < 4.78 is 28.8. The number of nitrogens with zero attached hydrogens (tertiary/aromatic N) is 1. The lowest BCUT2D eigenvalue weighted by atomic mass is 10.4. The van der Waals surface area contributed by atoms with Crippen molar-refractivity contribution in [2.24, 2.45) is 0 Å². The lowest BCUT2D eigenvalue weighted by Crippen LogP contribution is -2.31. The normalized spacial score (nSPS) is 12.1. The van der Waals surface area contributed by atoms with Crippen LogP contribution in [0.15, 0.2) is 27.7 Å². The molecule has 124 valence electrons. The third-order valence-corrected chi connectivity index (χ3v) is 4.35. The van der Waals surface area contributed by atoms with Crippen LogP contribution in [0.4, 0.5) is 0 Å². The number of rotatable bonds is 9. The highest BCUT2D eigenvalue weighted by molar-refractivity contribution is 7.57. The first-order valence-electron chi connectivity index (χ1n) is 6.86. The Labute approximate surface area is 128 Å². The quantitative estimate of drug-likeness (QED) is 0.545. The summed E-state index contributed by atoms with van der Waals surface area (Å²) in [6.45, 7) is 5.67. The van der Waals surface area contributed by atoms with Gasteiger partial charge in [-0.05, 0) is 20.8 Å². The van der Waals surface area contributed by atoms with Crippen LogP contribution < -0.4 is 11.2 Å². The molecule has 0 radical (unpaired) electrons. The second-order valence-electron chi connectivity index (χ2n) is 4.30. The van der Waals surface area contributed by atoms with Crippen LogP contribution in [0, 0.1) is 6.92 Å². The van der Waals surface area contributed by atoms with Crippen molar-refractivity contribution in [2.45, 2.75) is 27.5 Å². The van der Waals surface area contributed by atoms with Gasteiger partial charge in [0.25, 0.3) is 5.56 Å². The van der Waals surface area contributed by atoms with Gasteiger partial charge in [0.1, 0.15) is 6.73 Å². The fraction of sp³-hybridized carbons (Fsp3) is 0.538. The third kappa shape index (κ3) is 5.73. The Morgan fingerprint density at radius 3 is 2.50 bits per heavy atom. The van der Waals surface area contributed by atoms with E-state index in [0.717, 1.165) is 0 Å². The molecular weight excluding hydrogens is 311 g/mol. The van der Waals surface area contributed by atoms with E-state index < -0.39 is 18.8 Å². The van der Waals surface area contributed by atoms with Gasteiger partial charge in [0, 0.05) is 17.6 Å². The number of aromatic nitrogens is 2. The van der Waals surface area contributed by atoms with E-state index in [1.165, 1.54) is 22.7 Å². The number of ether oxygens (including phenoxy) is 1. The van der Waals surface area contributed by atoms with Gasteiger partial charge in [-0.2, -0.15) is 0 Å². The lowest BCUT2D eigenvalue weighted by Gasteiger charge is -2.12. The summed E-state index contributed by atoms with van der Waals surface area (Å²) in [5.74, 6) is 1.33. The average Bonchev–Trinajstić information content (AvgIpc) is 2.44. The maximum Gasteiger partial charge on any atom is 0.353 e. The van der Waals surface area contributed by atoms with E-state index in [1.54, 1.807) is 20.8 Å². The van der Waals surface area contributed by atoms with Crippen molar-refractivity contribution in [2.75, 3.05) is 19.8 Å².